The van der Waals surface area contributed by atoms with Crippen molar-refractivity contribution in [2.45, 2.75) is 32.0 Å². The number of fused-ring (bicyclic) bond motifs is 1. The molecule has 0 radical (unpaired) electrons. The van der Waals surface area contributed by atoms with Crippen LogP contribution in [-0.2, 0) is 20.9 Å². The third-order valence-corrected chi connectivity index (χ3v) is 5.76. The van der Waals surface area contributed by atoms with Crippen LogP contribution in [0.2, 0.25) is 0 Å². The van der Waals surface area contributed by atoms with Gasteiger partial charge in [-0.3, -0.25) is 9.59 Å². The zero-order valence-electron chi connectivity index (χ0n) is 15.1. The number of ether oxygens (including phenoxy) is 2. The average molecular weight is 395 g/mol. The molecule has 1 aliphatic rings. The Morgan fingerprint density at radius 3 is 2.93 bits per heavy atom. The van der Waals surface area contributed by atoms with Crippen LogP contribution in [0.25, 0.3) is 10.1 Å². The summed E-state index contributed by atoms with van der Waals surface area (Å²) in [5.74, 6) is -1.68. The average Bonchev–Trinajstić information content (AvgIpc) is 3.27. The summed E-state index contributed by atoms with van der Waals surface area (Å²) < 4.78 is 25.8. The van der Waals surface area contributed by atoms with E-state index in [-0.39, 0.29) is 31.6 Å². The Kier molecular flexibility index (Phi) is 6.41. The minimum absolute atomic E-state index is 0.0805. The van der Waals surface area contributed by atoms with Crippen molar-refractivity contribution in [1.29, 1.82) is 0 Å². The topological polar surface area (TPSA) is 76.1 Å². The zero-order chi connectivity index (χ0) is 19.4. The summed E-state index contributed by atoms with van der Waals surface area (Å²) in [7, 11) is 1.49. The van der Waals surface area contributed by atoms with Gasteiger partial charge in [-0.2, -0.15) is 0 Å². The van der Waals surface area contributed by atoms with Gasteiger partial charge in [-0.15, -0.1) is 11.3 Å². The number of amides is 1. The maximum Gasteiger partial charge on any atom is 0.305 e. The smallest absolute Gasteiger partial charge is 0.305 e. The predicted octanol–water partition coefficient (Wildman–Crippen LogP) is 3.28. The summed E-state index contributed by atoms with van der Waals surface area (Å²) in [5, 5.41) is 9.42. The highest BCUT2D eigenvalue weighted by molar-refractivity contribution is 7.21. The molecule has 2 aromatic rings. The largest absolute Gasteiger partial charge is 0.481 e. The molecular weight excluding hydrogens is 373 g/mol. The molecule has 0 bridgehead atoms. The third kappa shape index (κ3) is 4.45. The number of methoxy groups -OCH3 is 1. The Hall–Kier alpha value is -2.03. The van der Waals surface area contributed by atoms with Crippen LogP contribution in [0.4, 0.5) is 4.39 Å². The van der Waals surface area contributed by atoms with Gasteiger partial charge in [0.15, 0.2) is 0 Å². The van der Waals surface area contributed by atoms with Crippen molar-refractivity contribution >= 4 is 33.3 Å². The van der Waals surface area contributed by atoms with Crippen LogP contribution in [0, 0.1) is 5.82 Å². The maximum atomic E-state index is 14.4. The SMILES string of the molecule is COCc1c(C(=O)N(CCC(=O)O)CC2CCCO2)sc2cccc(F)c12. The fourth-order valence-electron chi connectivity index (χ4n) is 3.31. The molecule has 1 unspecified atom stereocenters. The third-order valence-electron chi connectivity index (χ3n) is 4.58. The van der Waals surface area contributed by atoms with E-state index in [1.807, 2.05) is 0 Å². The molecule has 3 rings (SSSR count). The molecule has 6 nitrogen and oxygen atoms in total. The first-order valence-corrected chi connectivity index (χ1v) is 9.64. The first-order valence-electron chi connectivity index (χ1n) is 8.82. The summed E-state index contributed by atoms with van der Waals surface area (Å²) in [6.45, 7) is 1.16. The zero-order valence-corrected chi connectivity index (χ0v) is 15.9. The summed E-state index contributed by atoms with van der Waals surface area (Å²) in [6.07, 6.45) is 1.51. The lowest BCUT2D eigenvalue weighted by Gasteiger charge is -2.25. The summed E-state index contributed by atoms with van der Waals surface area (Å²) >= 11 is 1.21. The molecule has 27 heavy (non-hydrogen) atoms. The Morgan fingerprint density at radius 2 is 2.26 bits per heavy atom. The van der Waals surface area contributed by atoms with Crippen molar-refractivity contribution in [3.63, 3.8) is 0 Å². The fourth-order valence-corrected chi connectivity index (χ4v) is 4.50. The number of carboxylic acid groups (broad SMARTS) is 1. The molecule has 1 aromatic carbocycles. The van der Waals surface area contributed by atoms with E-state index in [2.05, 4.69) is 0 Å². The van der Waals surface area contributed by atoms with Crippen LogP contribution in [0.1, 0.15) is 34.5 Å². The molecule has 8 heteroatoms. The molecular formula is C19H22FNO5S. The molecule has 1 aliphatic heterocycles. The predicted molar refractivity (Wildman–Crippen MR) is 99.6 cm³/mol. The van der Waals surface area contributed by atoms with Crippen LogP contribution in [0.15, 0.2) is 18.2 Å². The molecule has 0 aliphatic carbocycles. The Bertz CT molecular complexity index is 831. The van der Waals surface area contributed by atoms with Crippen LogP contribution in [0.3, 0.4) is 0 Å². The summed E-state index contributed by atoms with van der Waals surface area (Å²) in [6, 6.07) is 4.73. The Morgan fingerprint density at radius 1 is 1.44 bits per heavy atom. The number of rotatable bonds is 8. The number of benzene rings is 1. The number of carboxylic acids is 1. The van der Waals surface area contributed by atoms with Crippen LogP contribution in [-0.4, -0.2) is 54.8 Å². The molecule has 1 aromatic heterocycles. The molecule has 1 fully saturated rings. The lowest BCUT2D eigenvalue weighted by atomic mass is 10.1. The van der Waals surface area contributed by atoms with E-state index >= 15 is 0 Å². The fraction of sp³-hybridized carbons (Fsp3) is 0.474. The first-order chi connectivity index (χ1) is 13.0. The van der Waals surface area contributed by atoms with Crippen molar-refractivity contribution < 1.29 is 28.6 Å². The van der Waals surface area contributed by atoms with Crippen molar-refractivity contribution in [1.82, 2.24) is 4.90 Å². The normalized spacial score (nSPS) is 16.7. The molecule has 0 spiro atoms. The van der Waals surface area contributed by atoms with Crippen LogP contribution >= 0.6 is 11.3 Å². The lowest BCUT2D eigenvalue weighted by Crippen LogP contribution is -2.38. The highest BCUT2D eigenvalue weighted by Crippen LogP contribution is 2.34. The summed E-state index contributed by atoms with van der Waals surface area (Å²) in [5.41, 5.74) is 0.508. The molecule has 1 N–H and O–H groups in total. The van der Waals surface area contributed by atoms with Crippen molar-refractivity contribution in [3.8, 4) is 0 Å². The molecule has 1 saturated heterocycles. The number of hydrogen-bond donors (Lipinski definition) is 1. The van der Waals surface area contributed by atoms with E-state index < -0.39 is 11.8 Å². The van der Waals surface area contributed by atoms with E-state index in [0.29, 0.717) is 33.7 Å². The molecule has 0 saturated carbocycles. The minimum atomic E-state index is -0.973. The first kappa shape index (κ1) is 19.7. The Balaban J connectivity index is 1.94. The summed E-state index contributed by atoms with van der Waals surface area (Å²) in [4.78, 5) is 26.1. The van der Waals surface area contributed by atoms with Gasteiger partial charge in [0.1, 0.15) is 5.82 Å². The minimum Gasteiger partial charge on any atom is -0.481 e. The number of nitrogens with zero attached hydrogens (tertiary/aromatic N) is 1. The maximum absolute atomic E-state index is 14.4. The van der Waals surface area contributed by atoms with E-state index in [0.717, 1.165) is 12.8 Å². The number of thiophene rings is 1. The standard InChI is InChI=1S/C19H22FNO5S/c1-25-11-13-17-14(20)5-2-6-15(17)27-18(13)19(24)21(8-7-16(22)23)10-12-4-3-9-26-12/h2,5-6,12H,3-4,7-11H2,1H3,(H,22,23). The number of halogens is 1. The molecule has 2 heterocycles. The molecule has 1 atom stereocenters. The van der Waals surface area contributed by atoms with Gasteiger partial charge in [-0.25, -0.2) is 4.39 Å². The van der Waals surface area contributed by atoms with E-state index in [4.69, 9.17) is 14.6 Å². The lowest BCUT2D eigenvalue weighted by molar-refractivity contribution is -0.137. The van der Waals surface area contributed by atoms with Crippen LogP contribution < -0.4 is 0 Å². The van der Waals surface area contributed by atoms with E-state index in [1.54, 1.807) is 12.1 Å². The van der Waals surface area contributed by atoms with Gasteiger partial charge >= 0.3 is 5.97 Å². The number of aliphatic carboxylic acids is 1. The van der Waals surface area contributed by atoms with Crippen LogP contribution in [0.5, 0.6) is 0 Å². The molecule has 146 valence electrons. The van der Waals surface area contributed by atoms with E-state index in [9.17, 15) is 14.0 Å². The quantitative estimate of drug-likeness (QED) is 0.742. The van der Waals surface area contributed by atoms with Gasteiger partial charge in [0.25, 0.3) is 5.91 Å². The second-order valence-corrected chi connectivity index (χ2v) is 7.54. The number of hydrogen-bond acceptors (Lipinski definition) is 5. The van der Waals surface area contributed by atoms with Crippen molar-refractivity contribution in [2.24, 2.45) is 0 Å². The number of carbonyl (C=O) groups excluding carboxylic acids is 1. The van der Waals surface area contributed by atoms with Gasteiger partial charge in [0, 0.05) is 42.5 Å². The van der Waals surface area contributed by atoms with E-state index in [1.165, 1.54) is 29.4 Å². The second kappa shape index (κ2) is 8.77. The monoisotopic (exact) mass is 395 g/mol. The highest BCUT2D eigenvalue weighted by Gasteiger charge is 2.28. The van der Waals surface area contributed by atoms with Gasteiger partial charge in [0.2, 0.25) is 0 Å². The second-order valence-electron chi connectivity index (χ2n) is 6.49. The Labute approximate surface area is 160 Å². The van der Waals surface area contributed by atoms with Gasteiger partial charge in [-0.05, 0) is 25.0 Å². The van der Waals surface area contributed by atoms with Gasteiger partial charge in [-0.1, -0.05) is 6.07 Å². The number of carbonyl (C=O) groups is 2. The highest BCUT2D eigenvalue weighted by atomic mass is 32.1. The van der Waals surface area contributed by atoms with Crippen molar-refractivity contribution in [2.75, 3.05) is 26.8 Å². The van der Waals surface area contributed by atoms with Crippen molar-refractivity contribution in [3.05, 3.63) is 34.5 Å². The van der Waals surface area contributed by atoms with Gasteiger partial charge < -0.3 is 19.5 Å². The van der Waals surface area contributed by atoms with Gasteiger partial charge in [0.05, 0.1) is 24.0 Å². The molecule has 1 amide bonds.